The number of carbonyl (C=O) groups excluding carboxylic acids is 2. The first-order valence-electron chi connectivity index (χ1n) is 5.80. The third kappa shape index (κ3) is 1.27. The minimum absolute atomic E-state index is 0.0145. The van der Waals surface area contributed by atoms with Crippen LogP contribution in [0.15, 0.2) is 24.3 Å². The Balaban J connectivity index is 2.13. The zero-order valence-electron chi connectivity index (χ0n) is 9.27. The Bertz CT molecular complexity index is 511. The minimum atomic E-state index is -1.66. The van der Waals surface area contributed by atoms with E-state index in [4.69, 9.17) is 0 Å². The summed E-state index contributed by atoms with van der Waals surface area (Å²) in [5.41, 5.74) is -0.519. The average Bonchev–Trinajstić information content (AvgIpc) is 2.84. The zero-order chi connectivity index (χ0) is 12.0. The van der Waals surface area contributed by atoms with Gasteiger partial charge in [0.1, 0.15) is 5.78 Å². The molecule has 1 aromatic rings. The summed E-state index contributed by atoms with van der Waals surface area (Å²) in [4.78, 5) is 23.8. The van der Waals surface area contributed by atoms with Crippen molar-refractivity contribution < 1.29 is 14.7 Å². The summed E-state index contributed by atoms with van der Waals surface area (Å²) < 4.78 is 0. The average molecular weight is 231 g/mol. The predicted molar refractivity (Wildman–Crippen MR) is 61.3 cm³/mol. The van der Waals surface area contributed by atoms with Gasteiger partial charge in [0, 0.05) is 17.7 Å². The molecule has 0 aromatic heterocycles. The van der Waals surface area contributed by atoms with E-state index >= 15 is 0 Å². The Morgan fingerprint density at radius 1 is 1.29 bits per heavy atom. The van der Waals surface area contributed by atoms with E-state index in [1.165, 1.54) is 0 Å². The number of aliphatic hydroxyl groups is 1. The van der Waals surface area contributed by atoms with E-state index in [1.807, 2.05) is 0 Å². The second kappa shape index (κ2) is 3.40. The summed E-state index contributed by atoms with van der Waals surface area (Å²) >= 11 is 0. The van der Waals surface area contributed by atoms with Gasteiger partial charge < -0.3 is 10.4 Å². The second-order valence-electron chi connectivity index (χ2n) is 4.68. The van der Waals surface area contributed by atoms with Crippen LogP contribution in [0.5, 0.6) is 0 Å². The van der Waals surface area contributed by atoms with Crippen LogP contribution in [0.25, 0.3) is 0 Å². The fourth-order valence-electron chi connectivity index (χ4n) is 2.87. The van der Waals surface area contributed by atoms with E-state index in [0.29, 0.717) is 24.1 Å². The van der Waals surface area contributed by atoms with Crippen LogP contribution in [0.1, 0.15) is 24.8 Å². The molecule has 1 aliphatic heterocycles. The molecule has 0 unspecified atom stereocenters. The van der Waals surface area contributed by atoms with Crippen LogP contribution in [0.3, 0.4) is 0 Å². The van der Waals surface area contributed by atoms with Crippen molar-refractivity contribution in [2.24, 2.45) is 5.92 Å². The number of para-hydroxylation sites is 1. The number of ketones is 1. The smallest absolute Gasteiger partial charge is 0.261 e. The Morgan fingerprint density at radius 3 is 2.76 bits per heavy atom. The van der Waals surface area contributed by atoms with Crippen molar-refractivity contribution in [2.45, 2.75) is 24.9 Å². The molecule has 0 radical (unpaired) electrons. The van der Waals surface area contributed by atoms with E-state index in [0.717, 1.165) is 6.42 Å². The third-order valence-corrected chi connectivity index (χ3v) is 3.74. The molecule has 4 heteroatoms. The Labute approximate surface area is 98.6 Å². The molecule has 1 aliphatic carbocycles. The number of anilines is 1. The number of rotatable bonds is 1. The quantitative estimate of drug-likeness (QED) is 0.763. The predicted octanol–water partition coefficient (Wildman–Crippen LogP) is 1.20. The first-order valence-corrected chi connectivity index (χ1v) is 5.80. The van der Waals surface area contributed by atoms with Crippen LogP contribution in [0.2, 0.25) is 0 Å². The van der Waals surface area contributed by atoms with Gasteiger partial charge in [-0.25, -0.2) is 0 Å². The lowest BCUT2D eigenvalue weighted by Gasteiger charge is -2.26. The van der Waals surface area contributed by atoms with Crippen LogP contribution < -0.4 is 5.32 Å². The van der Waals surface area contributed by atoms with Crippen LogP contribution in [-0.4, -0.2) is 16.8 Å². The van der Waals surface area contributed by atoms with Gasteiger partial charge in [-0.05, 0) is 18.9 Å². The molecule has 0 saturated heterocycles. The van der Waals surface area contributed by atoms with Crippen molar-refractivity contribution in [3.05, 3.63) is 29.8 Å². The van der Waals surface area contributed by atoms with Crippen LogP contribution >= 0.6 is 0 Å². The summed E-state index contributed by atoms with van der Waals surface area (Å²) in [6.07, 6.45) is 1.79. The fourth-order valence-corrected chi connectivity index (χ4v) is 2.87. The Hall–Kier alpha value is -1.68. The highest BCUT2D eigenvalue weighted by atomic mass is 16.3. The lowest BCUT2D eigenvalue weighted by Crippen LogP contribution is -2.43. The lowest BCUT2D eigenvalue weighted by molar-refractivity contribution is -0.146. The maximum Gasteiger partial charge on any atom is 0.261 e. The molecule has 1 aromatic carbocycles. The highest BCUT2D eigenvalue weighted by Crippen LogP contribution is 2.45. The highest BCUT2D eigenvalue weighted by Gasteiger charge is 2.54. The van der Waals surface area contributed by atoms with Crippen molar-refractivity contribution in [1.29, 1.82) is 0 Å². The van der Waals surface area contributed by atoms with E-state index < -0.39 is 17.4 Å². The first-order chi connectivity index (χ1) is 8.14. The largest absolute Gasteiger partial charge is 0.375 e. The van der Waals surface area contributed by atoms with Gasteiger partial charge in [0.25, 0.3) is 5.91 Å². The molecule has 1 heterocycles. The molecule has 0 spiro atoms. The van der Waals surface area contributed by atoms with Crippen molar-refractivity contribution in [1.82, 2.24) is 0 Å². The summed E-state index contributed by atoms with van der Waals surface area (Å²) in [6, 6.07) is 7.01. The fraction of sp³-hybridized carbons (Fsp3) is 0.385. The molecule has 0 bridgehead atoms. The van der Waals surface area contributed by atoms with Crippen LogP contribution in [0, 0.1) is 5.92 Å². The van der Waals surface area contributed by atoms with Crippen LogP contribution in [0.4, 0.5) is 5.69 Å². The van der Waals surface area contributed by atoms with Gasteiger partial charge in [0.05, 0.1) is 5.92 Å². The van der Waals surface area contributed by atoms with E-state index in [1.54, 1.807) is 24.3 Å². The minimum Gasteiger partial charge on any atom is -0.375 e. The molecule has 1 fully saturated rings. The maximum atomic E-state index is 12.0. The van der Waals surface area contributed by atoms with Gasteiger partial charge in [-0.3, -0.25) is 9.59 Å². The molecule has 1 saturated carbocycles. The number of nitrogens with one attached hydrogen (secondary N) is 1. The van der Waals surface area contributed by atoms with Gasteiger partial charge in [-0.15, -0.1) is 0 Å². The molecular weight excluding hydrogens is 218 g/mol. The topological polar surface area (TPSA) is 66.4 Å². The second-order valence-corrected chi connectivity index (χ2v) is 4.68. The van der Waals surface area contributed by atoms with Gasteiger partial charge in [-0.1, -0.05) is 18.2 Å². The molecule has 2 N–H and O–H groups in total. The number of fused-ring (bicyclic) bond motifs is 1. The molecule has 4 nitrogen and oxygen atoms in total. The monoisotopic (exact) mass is 231 g/mol. The summed E-state index contributed by atoms with van der Waals surface area (Å²) in [6.45, 7) is 0. The van der Waals surface area contributed by atoms with Crippen molar-refractivity contribution >= 4 is 17.4 Å². The first kappa shape index (κ1) is 10.5. The normalized spacial score (nSPS) is 31.5. The van der Waals surface area contributed by atoms with Gasteiger partial charge in [0.2, 0.25) is 0 Å². The lowest BCUT2D eigenvalue weighted by atomic mass is 9.80. The van der Waals surface area contributed by atoms with Crippen LogP contribution in [-0.2, 0) is 15.2 Å². The van der Waals surface area contributed by atoms with Crippen molar-refractivity contribution in [2.75, 3.05) is 5.32 Å². The summed E-state index contributed by atoms with van der Waals surface area (Å²) in [5.74, 6) is -1.08. The molecular formula is C13H13NO3. The van der Waals surface area contributed by atoms with E-state index in [2.05, 4.69) is 5.32 Å². The van der Waals surface area contributed by atoms with Gasteiger partial charge in [0.15, 0.2) is 5.60 Å². The maximum absolute atomic E-state index is 12.0. The molecule has 2 atom stereocenters. The number of Topliss-reactive ketones (excluding diaryl/α,β-unsaturated/α-hetero) is 1. The number of hydrogen-bond donors (Lipinski definition) is 2. The number of hydrogen-bond acceptors (Lipinski definition) is 3. The van der Waals surface area contributed by atoms with Crippen molar-refractivity contribution in [3.8, 4) is 0 Å². The number of carbonyl (C=O) groups is 2. The van der Waals surface area contributed by atoms with Crippen molar-refractivity contribution in [3.63, 3.8) is 0 Å². The zero-order valence-corrected chi connectivity index (χ0v) is 9.27. The molecule has 88 valence electrons. The Kier molecular flexibility index (Phi) is 2.10. The third-order valence-electron chi connectivity index (χ3n) is 3.74. The highest BCUT2D eigenvalue weighted by molar-refractivity contribution is 6.08. The van der Waals surface area contributed by atoms with E-state index in [9.17, 15) is 14.7 Å². The number of benzene rings is 1. The molecule has 17 heavy (non-hydrogen) atoms. The Morgan fingerprint density at radius 2 is 2.06 bits per heavy atom. The molecule has 1 amide bonds. The van der Waals surface area contributed by atoms with Gasteiger partial charge in [-0.2, -0.15) is 0 Å². The summed E-state index contributed by atoms with van der Waals surface area (Å²) in [7, 11) is 0. The molecule has 2 aliphatic rings. The van der Waals surface area contributed by atoms with E-state index in [-0.39, 0.29) is 5.78 Å². The SMILES string of the molecule is O=C1CCC[C@@H]1[C@@]1(O)C(=O)Nc2ccccc21. The standard InChI is InChI=1S/C13H13NO3/c15-11-7-3-5-9(11)13(17)8-4-1-2-6-10(8)14-12(13)16/h1-2,4,6,9,17H,3,5,7H2,(H,14,16)/t9-,13+/m0/s1. The van der Waals surface area contributed by atoms with Gasteiger partial charge >= 0.3 is 0 Å². The molecule has 3 rings (SSSR count). The summed E-state index contributed by atoms with van der Waals surface area (Å²) in [5, 5.41) is 13.3. The number of amides is 1.